The maximum absolute atomic E-state index is 13.1. The van der Waals surface area contributed by atoms with Gasteiger partial charge in [0, 0.05) is 48.9 Å². The van der Waals surface area contributed by atoms with Crippen LogP contribution in [0.3, 0.4) is 0 Å². The van der Waals surface area contributed by atoms with Crippen LogP contribution in [0, 0.1) is 17.8 Å². The number of benzene rings is 1. The molecule has 3 aliphatic carbocycles. The van der Waals surface area contributed by atoms with E-state index in [1.165, 1.54) is 0 Å². The molecule has 7 heteroatoms. The number of nitrogens with one attached hydrogen (secondary N) is 1. The van der Waals surface area contributed by atoms with Gasteiger partial charge >= 0.3 is 0 Å². The van der Waals surface area contributed by atoms with Crippen molar-refractivity contribution in [3.63, 3.8) is 0 Å². The Kier molecular flexibility index (Phi) is 4.45. The molecule has 6 nitrogen and oxygen atoms in total. The lowest BCUT2D eigenvalue weighted by atomic mass is 9.59. The average molecular weight is 403 g/mol. The van der Waals surface area contributed by atoms with Crippen molar-refractivity contribution >= 4 is 23.6 Å². The van der Waals surface area contributed by atoms with Crippen LogP contribution in [-0.4, -0.2) is 54.1 Å². The zero-order chi connectivity index (χ0) is 19.3. The van der Waals surface area contributed by atoms with Gasteiger partial charge in [-0.05, 0) is 37.3 Å². The standard InChI is InChI=1S/C21H26N2O4S/c1-26-15-4-5-16-18(11-15)27-21(22-19(16)24)12-13-2-3-14(21)10-17(13)20(25)23-6-8-28-9-7-23/h4-5,11,13-14,17H,2-3,6-10,12H2,1H3,(H,22,24)/t13-,14-,17+,21-/m1/s1. The van der Waals surface area contributed by atoms with Gasteiger partial charge in [-0.3, -0.25) is 9.59 Å². The van der Waals surface area contributed by atoms with Gasteiger partial charge in [0.2, 0.25) is 5.91 Å². The van der Waals surface area contributed by atoms with Crippen molar-refractivity contribution in [3.8, 4) is 11.5 Å². The van der Waals surface area contributed by atoms with Gasteiger partial charge in [0.25, 0.3) is 5.91 Å². The van der Waals surface area contributed by atoms with Crippen LogP contribution in [0.25, 0.3) is 0 Å². The number of hydrogen-bond acceptors (Lipinski definition) is 5. The maximum Gasteiger partial charge on any atom is 0.258 e. The van der Waals surface area contributed by atoms with Gasteiger partial charge in [0.05, 0.1) is 12.7 Å². The highest BCUT2D eigenvalue weighted by Gasteiger charge is 2.57. The first-order chi connectivity index (χ1) is 13.6. The third-order valence-corrected chi connectivity index (χ3v) is 7.85. The first kappa shape index (κ1) is 18.2. The number of carbonyl (C=O) groups excluding carboxylic acids is 2. The lowest BCUT2D eigenvalue weighted by Crippen LogP contribution is -2.67. The van der Waals surface area contributed by atoms with Crippen LogP contribution in [0.15, 0.2) is 18.2 Å². The predicted molar refractivity (Wildman–Crippen MR) is 107 cm³/mol. The zero-order valence-corrected chi connectivity index (χ0v) is 16.9. The smallest absolute Gasteiger partial charge is 0.258 e. The molecule has 3 saturated carbocycles. The molecule has 4 atom stereocenters. The summed E-state index contributed by atoms with van der Waals surface area (Å²) < 4.78 is 11.7. The summed E-state index contributed by atoms with van der Waals surface area (Å²) in [5.74, 6) is 4.06. The molecule has 1 N–H and O–H groups in total. The van der Waals surface area contributed by atoms with E-state index in [1.54, 1.807) is 25.3 Å². The first-order valence-electron chi connectivity index (χ1n) is 10.2. The summed E-state index contributed by atoms with van der Waals surface area (Å²) in [6.45, 7) is 1.73. The monoisotopic (exact) mass is 402 g/mol. The number of rotatable bonds is 2. The van der Waals surface area contributed by atoms with Crippen LogP contribution >= 0.6 is 11.8 Å². The van der Waals surface area contributed by atoms with Gasteiger partial charge in [-0.25, -0.2) is 0 Å². The molecule has 6 rings (SSSR count). The number of carbonyl (C=O) groups is 2. The highest BCUT2D eigenvalue weighted by molar-refractivity contribution is 7.99. The molecule has 2 bridgehead atoms. The number of methoxy groups -OCH3 is 1. The zero-order valence-electron chi connectivity index (χ0n) is 16.1. The van der Waals surface area contributed by atoms with E-state index in [2.05, 4.69) is 10.2 Å². The summed E-state index contributed by atoms with van der Waals surface area (Å²) in [6.07, 6.45) is 3.53. The molecular formula is C21H26N2O4S. The van der Waals surface area contributed by atoms with E-state index in [0.29, 0.717) is 29.4 Å². The number of hydrogen-bond donors (Lipinski definition) is 1. The molecule has 0 radical (unpaired) electrons. The van der Waals surface area contributed by atoms with Crippen molar-refractivity contribution in [1.29, 1.82) is 0 Å². The van der Waals surface area contributed by atoms with Crippen LogP contribution in [-0.2, 0) is 4.79 Å². The van der Waals surface area contributed by atoms with Gasteiger partial charge < -0.3 is 19.7 Å². The second kappa shape index (κ2) is 6.87. The van der Waals surface area contributed by atoms with E-state index in [4.69, 9.17) is 9.47 Å². The number of thioether (sulfide) groups is 1. The Morgan fingerprint density at radius 2 is 2.14 bits per heavy atom. The molecule has 0 unspecified atom stereocenters. The van der Waals surface area contributed by atoms with Crippen molar-refractivity contribution in [2.24, 2.45) is 17.8 Å². The number of amides is 2. The Bertz CT molecular complexity index is 810. The number of fused-ring (bicyclic) bond motifs is 3. The maximum atomic E-state index is 13.1. The summed E-state index contributed by atoms with van der Waals surface area (Å²) in [5, 5.41) is 3.17. The Morgan fingerprint density at radius 3 is 2.86 bits per heavy atom. The van der Waals surface area contributed by atoms with E-state index in [9.17, 15) is 9.59 Å². The fraction of sp³-hybridized carbons (Fsp3) is 0.619. The highest BCUT2D eigenvalue weighted by atomic mass is 32.2. The fourth-order valence-electron chi connectivity index (χ4n) is 5.44. The third kappa shape index (κ3) is 2.86. The molecule has 4 fully saturated rings. The van der Waals surface area contributed by atoms with Gasteiger partial charge in [-0.1, -0.05) is 0 Å². The Morgan fingerprint density at radius 1 is 1.32 bits per heavy atom. The fourth-order valence-corrected chi connectivity index (χ4v) is 6.34. The molecule has 2 aliphatic heterocycles. The molecule has 28 heavy (non-hydrogen) atoms. The number of nitrogens with zero attached hydrogens (tertiary/aromatic N) is 1. The van der Waals surface area contributed by atoms with Crippen molar-refractivity contribution in [2.75, 3.05) is 31.7 Å². The van der Waals surface area contributed by atoms with Crippen LogP contribution < -0.4 is 14.8 Å². The SMILES string of the molecule is COc1ccc2c(c1)O[C@@]1(C[C@H]3CC[C@@H]1C[C@@H]3C(=O)N1CCSCC1)NC2=O. The molecule has 2 amide bonds. The summed E-state index contributed by atoms with van der Waals surface area (Å²) in [6, 6.07) is 5.32. The van der Waals surface area contributed by atoms with Crippen molar-refractivity contribution in [2.45, 2.75) is 31.4 Å². The Hall–Kier alpha value is -1.89. The minimum absolute atomic E-state index is 0.0692. The number of ether oxygens (including phenoxy) is 2. The van der Waals surface area contributed by atoms with Crippen LogP contribution in [0.4, 0.5) is 0 Å². The van der Waals surface area contributed by atoms with E-state index in [-0.39, 0.29) is 23.7 Å². The second-order valence-corrected chi connectivity index (χ2v) is 9.55. The lowest BCUT2D eigenvalue weighted by molar-refractivity contribution is -0.155. The van der Waals surface area contributed by atoms with Crippen molar-refractivity contribution in [1.82, 2.24) is 10.2 Å². The summed E-state index contributed by atoms with van der Waals surface area (Å²) >= 11 is 1.92. The van der Waals surface area contributed by atoms with Gasteiger partial charge in [-0.2, -0.15) is 11.8 Å². The lowest BCUT2D eigenvalue weighted by Gasteiger charge is -2.55. The van der Waals surface area contributed by atoms with E-state index in [1.807, 2.05) is 11.8 Å². The second-order valence-electron chi connectivity index (χ2n) is 8.33. The minimum Gasteiger partial charge on any atom is -0.497 e. The molecule has 0 aromatic heterocycles. The van der Waals surface area contributed by atoms with Gasteiger partial charge in [0.15, 0.2) is 5.72 Å². The first-order valence-corrected chi connectivity index (χ1v) is 11.3. The topological polar surface area (TPSA) is 67.9 Å². The third-order valence-electron chi connectivity index (χ3n) is 6.91. The van der Waals surface area contributed by atoms with Gasteiger partial charge in [0.1, 0.15) is 11.5 Å². The molecular weight excluding hydrogens is 376 g/mol. The van der Waals surface area contributed by atoms with Gasteiger partial charge in [-0.15, -0.1) is 0 Å². The molecule has 1 aromatic carbocycles. The van der Waals surface area contributed by atoms with Crippen LogP contribution in [0.5, 0.6) is 11.5 Å². The van der Waals surface area contributed by atoms with E-state index >= 15 is 0 Å². The molecule has 5 aliphatic rings. The van der Waals surface area contributed by atoms with E-state index < -0.39 is 5.72 Å². The summed E-state index contributed by atoms with van der Waals surface area (Å²) in [7, 11) is 1.61. The molecule has 1 aromatic rings. The summed E-state index contributed by atoms with van der Waals surface area (Å²) in [4.78, 5) is 28.0. The molecule has 150 valence electrons. The molecule has 1 saturated heterocycles. The van der Waals surface area contributed by atoms with E-state index in [0.717, 1.165) is 43.9 Å². The average Bonchev–Trinajstić information content (AvgIpc) is 2.73. The van der Waals surface area contributed by atoms with Crippen LogP contribution in [0.2, 0.25) is 0 Å². The van der Waals surface area contributed by atoms with Crippen LogP contribution in [0.1, 0.15) is 36.0 Å². The largest absolute Gasteiger partial charge is 0.497 e. The molecule has 1 spiro atoms. The van der Waals surface area contributed by atoms with Crippen molar-refractivity contribution < 1.29 is 19.1 Å². The normalized spacial score (nSPS) is 33.8. The minimum atomic E-state index is -0.687. The Balaban J connectivity index is 1.38. The predicted octanol–water partition coefficient (Wildman–Crippen LogP) is 2.53. The summed E-state index contributed by atoms with van der Waals surface area (Å²) in [5.41, 5.74) is -0.139. The highest BCUT2D eigenvalue weighted by Crippen LogP contribution is 2.53. The molecule has 2 heterocycles. The van der Waals surface area contributed by atoms with Crippen molar-refractivity contribution in [3.05, 3.63) is 23.8 Å². The Labute approximate surface area is 169 Å². The quantitative estimate of drug-likeness (QED) is 0.823.